The first-order chi connectivity index (χ1) is 17.5. The van der Waals surface area contributed by atoms with E-state index in [-0.39, 0.29) is 5.91 Å². The molecule has 1 aliphatic heterocycles. The maximum atomic E-state index is 13.5. The topological polar surface area (TPSA) is 71.1 Å². The highest BCUT2D eigenvalue weighted by atomic mass is 16.6. The number of hydrogen-bond donors (Lipinski definition) is 1. The highest BCUT2D eigenvalue weighted by Gasteiger charge is 2.38. The standard InChI is InChI=1S/C30H43N3O4/c1-21(2)32(22(3)4)18-16-31-28(34)27-26-14-13-25(36-20-23-11-9-8-10-12-23)19-24(26)15-17-33(27)29(35)37-30(5,6)7/h8-14,19,21-22,27H,15-18,20H2,1-7H3,(H,31,34)/t27-/m1/s1. The zero-order valence-corrected chi connectivity index (χ0v) is 23.4. The molecule has 2 aromatic rings. The third kappa shape index (κ3) is 7.96. The number of hydrogen-bond acceptors (Lipinski definition) is 5. The quantitative estimate of drug-likeness (QED) is 0.494. The van der Waals surface area contributed by atoms with Crippen LogP contribution in [0.15, 0.2) is 48.5 Å². The van der Waals surface area contributed by atoms with E-state index in [9.17, 15) is 9.59 Å². The molecule has 7 nitrogen and oxygen atoms in total. The molecule has 1 atom stereocenters. The molecule has 0 fully saturated rings. The molecule has 1 aliphatic rings. The van der Waals surface area contributed by atoms with E-state index in [1.165, 1.54) is 0 Å². The fourth-order valence-electron chi connectivity index (χ4n) is 4.75. The molecule has 0 saturated carbocycles. The second-order valence-electron chi connectivity index (χ2n) is 11.2. The summed E-state index contributed by atoms with van der Waals surface area (Å²) in [6, 6.07) is 15.8. The van der Waals surface area contributed by atoms with Crippen molar-refractivity contribution >= 4 is 12.0 Å². The molecule has 2 amide bonds. The second kappa shape index (κ2) is 12.5. The van der Waals surface area contributed by atoms with Crippen molar-refractivity contribution in [1.82, 2.24) is 15.1 Å². The van der Waals surface area contributed by atoms with Crippen LogP contribution in [0.1, 0.15) is 71.2 Å². The largest absolute Gasteiger partial charge is 0.489 e. The first-order valence-electron chi connectivity index (χ1n) is 13.3. The van der Waals surface area contributed by atoms with Crippen LogP contribution in [0.3, 0.4) is 0 Å². The smallest absolute Gasteiger partial charge is 0.411 e. The number of ether oxygens (including phenoxy) is 2. The van der Waals surface area contributed by atoms with Gasteiger partial charge in [-0.1, -0.05) is 36.4 Å². The van der Waals surface area contributed by atoms with Crippen molar-refractivity contribution in [2.75, 3.05) is 19.6 Å². The van der Waals surface area contributed by atoms with E-state index >= 15 is 0 Å². The molecule has 0 aliphatic carbocycles. The molecule has 1 heterocycles. The molecular weight excluding hydrogens is 466 g/mol. The summed E-state index contributed by atoms with van der Waals surface area (Å²) in [6.45, 7) is 16.2. The molecule has 0 radical (unpaired) electrons. The highest BCUT2D eigenvalue weighted by Crippen LogP contribution is 2.34. The molecule has 3 rings (SSSR count). The second-order valence-corrected chi connectivity index (χ2v) is 11.2. The lowest BCUT2D eigenvalue weighted by atomic mass is 9.92. The number of nitrogens with one attached hydrogen (secondary N) is 1. The third-order valence-corrected chi connectivity index (χ3v) is 6.46. The normalized spacial score (nSPS) is 15.6. The third-order valence-electron chi connectivity index (χ3n) is 6.46. The summed E-state index contributed by atoms with van der Waals surface area (Å²) in [5, 5.41) is 3.08. The summed E-state index contributed by atoms with van der Waals surface area (Å²) in [4.78, 5) is 30.5. The van der Waals surface area contributed by atoms with Gasteiger partial charge in [-0.3, -0.25) is 14.6 Å². The minimum Gasteiger partial charge on any atom is -0.489 e. The Morgan fingerprint density at radius 1 is 1.05 bits per heavy atom. The molecule has 202 valence electrons. The van der Waals surface area contributed by atoms with Crippen LogP contribution in [0.2, 0.25) is 0 Å². The zero-order valence-electron chi connectivity index (χ0n) is 23.4. The van der Waals surface area contributed by atoms with Gasteiger partial charge in [0.15, 0.2) is 0 Å². The van der Waals surface area contributed by atoms with Gasteiger partial charge in [0.1, 0.15) is 24.0 Å². The molecule has 0 aromatic heterocycles. The Hall–Kier alpha value is -3.06. The van der Waals surface area contributed by atoms with E-state index in [0.29, 0.717) is 38.2 Å². The number of fused-ring (bicyclic) bond motifs is 1. The number of nitrogens with zero attached hydrogens (tertiary/aromatic N) is 2. The average molecular weight is 510 g/mol. The summed E-state index contributed by atoms with van der Waals surface area (Å²) in [5.74, 6) is 0.550. The van der Waals surface area contributed by atoms with Crippen molar-refractivity contribution in [3.05, 3.63) is 65.2 Å². The number of carbonyl (C=O) groups is 2. The highest BCUT2D eigenvalue weighted by molar-refractivity contribution is 5.88. The van der Waals surface area contributed by atoms with Crippen LogP contribution in [0, 0.1) is 0 Å². The Balaban J connectivity index is 1.79. The predicted octanol–water partition coefficient (Wildman–Crippen LogP) is 5.33. The van der Waals surface area contributed by atoms with Crippen molar-refractivity contribution in [3.8, 4) is 5.75 Å². The van der Waals surface area contributed by atoms with Gasteiger partial charge in [0, 0.05) is 31.7 Å². The number of amides is 2. The molecule has 1 N–H and O–H groups in total. The fourth-order valence-corrected chi connectivity index (χ4v) is 4.75. The van der Waals surface area contributed by atoms with Gasteiger partial charge >= 0.3 is 6.09 Å². The lowest BCUT2D eigenvalue weighted by molar-refractivity contribution is -0.127. The molecule has 0 bridgehead atoms. The predicted molar refractivity (Wildman–Crippen MR) is 147 cm³/mol. The van der Waals surface area contributed by atoms with Gasteiger partial charge in [0.25, 0.3) is 0 Å². The molecule has 2 aromatic carbocycles. The van der Waals surface area contributed by atoms with Gasteiger partial charge in [0.05, 0.1) is 0 Å². The maximum Gasteiger partial charge on any atom is 0.411 e. The van der Waals surface area contributed by atoms with Crippen LogP contribution in [-0.2, 0) is 22.6 Å². The first kappa shape index (κ1) is 28.5. The summed E-state index contributed by atoms with van der Waals surface area (Å²) in [7, 11) is 0. The van der Waals surface area contributed by atoms with Gasteiger partial charge < -0.3 is 14.8 Å². The van der Waals surface area contributed by atoms with Crippen molar-refractivity contribution in [2.24, 2.45) is 0 Å². The van der Waals surface area contributed by atoms with E-state index in [1.807, 2.05) is 69.3 Å². The Bertz CT molecular complexity index is 1040. The lowest BCUT2D eigenvalue weighted by Gasteiger charge is -2.37. The van der Waals surface area contributed by atoms with Crippen molar-refractivity contribution < 1.29 is 19.1 Å². The molecule has 0 saturated heterocycles. The summed E-state index contributed by atoms with van der Waals surface area (Å²) < 4.78 is 11.7. The van der Waals surface area contributed by atoms with Crippen LogP contribution < -0.4 is 10.1 Å². The van der Waals surface area contributed by atoms with E-state index in [4.69, 9.17) is 9.47 Å². The Kier molecular flexibility index (Phi) is 9.60. The number of rotatable bonds is 9. The first-order valence-corrected chi connectivity index (χ1v) is 13.3. The van der Waals surface area contributed by atoms with Crippen LogP contribution in [-0.4, -0.2) is 59.1 Å². The number of carbonyl (C=O) groups excluding carboxylic acids is 2. The van der Waals surface area contributed by atoms with Gasteiger partial charge in [-0.25, -0.2) is 4.79 Å². The molecular formula is C30H43N3O4. The SMILES string of the molecule is CC(C)N(CCNC(=O)[C@H]1c2ccc(OCc3ccccc3)cc2CCN1C(=O)OC(C)(C)C)C(C)C. The van der Waals surface area contributed by atoms with E-state index in [0.717, 1.165) is 29.0 Å². The molecule has 0 unspecified atom stereocenters. The molecule has 0 spiro atoms. The van der Waals surface area contributed by atoms with Crippen LogP contribution in [0.4, 0.5) is 4.79 Å². The summed E-state index contributed by atoms with van der Waals surface area (Å²) >= 11 is 0. The Morgan fingerprint density at radius 3 is 2.35 bits per heavy atom. The van der Waals surface area contributed by atoms with Crippen LogP contribution >= 0.6 is 0 Å². The number of benzene rings is 2. The minimum absolute atomic E-state index is 0.197. The molecule has 7 heteroatoms. The monoisotopic (exact) mass is 509 g/mol. The summed E-state index contributed by atoms with van der Waals surface area (Å²) in [6.07, 6.45) is 0.142. The van der Waals surface area contributed by atoms with Crippen molar-refractivity contribution in [3.63, 3.8) is 0 Å². The Morgan fingerprint density at radius 2 is 1.73 bits per heavy atom. The Labute approximate surface area is 222 Å². The average Bonchev–Trinajstić information content (AvgIpc) is 2.83. The van der Waals surface area contributed by atoms with Gasteiger partial charge in [-0.15, -0.1) is 0 Å². The zero-order chi connectivity index (χ0) is 27.2. The van der Waals surface area contributed by atoms with Crippen LogP contribution in [0.5, 0.6) is 5.75 Å². The van der Waals surface area contributed by atoms with E-state index < -0.39 is 17.7 Å². The van der Waals surface area contributed by atoms with Crippen molar-refractivity contribution in [1.29, 1.82) is 0 Å². The summed E-state index contributed by atoms with van der Waals surface area (Å²) in [5.41, 5.74) is 2.26. The molecule has 37 heavy (non-hydrogen) atoms. The minimum atomic E-state index is -0.756. The van der Waals surface area contributed by atoms with Gasteiger partial charge in [-0.2, -0.15) is 0 Å². The van der Waals surface area contributed by atoms with Crippen molar-refractivity contribution in [2.45, 2.75) is 85.2 Å². The lowest BCUT2D eigenvalue weighted by Crippen LogP contribution is -2.50. The maximum absolute atomic E-state index is 13.5. The van der Waals surface area contributed by atoms with E-state index in [2.05, 4.69) is 37.9 Å². The van der Waals surface area contributed by atoms with Crippen LogP contribution in [0.25, 0.3) is 0 Å². The fraction of sp³-hybridized carbons (Fsp3) is 0.533. The van der Waals surface area contributed by atoms with Gasteiger partial charge in [0.2, 0.25) is 5.91 Å². The van der Waals surface area contributed by atoms with E-state index in [1.54, 1.807) is 4.90 Å². The van der Waals surface area contributed by atoms with Gasteiger partial charge in [-0.05, 0) is 83.7 Å².